The standard InChI is InChI=1S/C23H30N4O3/c1-14(2)11-24-12-16-5-7-17(8-6-16)13-27-22(25-26-23(27)30)19-9-18(15(3)4)20(28)10-21(19)29/h5-10,14-15,24,28-29H,11-13H2,1-4H3,(H,26,30). The zero-order chi connectivity index (χ0) is 21.8. The van der Waals surface area contributed by atoms with Gasteiger partial charge in [-0.1, -0.05) is 57.1 Å². The van der Waals surface area contributed by atoms with Crippen molar-refractivity contribution in [1.29, 1.82) is 0 Å². The van der Waals surface area contributed by atoms with Crippen LogP contribution in [-0.4, -0.2) is 36.6 Å². The number of nitrogens with one attached hydrogen (secondary N) is 1. The summed E-state index contributed by atoms with van der Waals surface area (Å²) in [4.78, 5) is 0. The van der Waals surface area contributed by atoms with E-state index < -0.39 is 0 Å². The lowest BCUT2D eigenvalue weighted by atomic mass is 9.98. The fourth-order valence-corrected chi connectivity index (χ4v) is 3.33. The van der Waals surface area contributed by atoms with Gasteiger partial charge in [0.05, 0.1) is 12.1 Å². The summed E-state index contributed by atoms with van der Waals surface area (Å²) in [5, 5.41) is 42.0. The first kappa shape index (κ1) is 21.6. The van der Waals surface area contributed by atoms with Crippen molar-refractivity contribution < 1.29 is 15.3 Å². The monoisotopic (exact) mass is 410 g/mol. The van der Waals surface area contributed by atoms with Crippen LogP contribution >= 0.6 is 0 Å². The fraction of sp³-hybridized carbons (Fsp3) is 0.391. The van der Waals surface area contributed by atoms with Gasteiger partial charge in [0.25, 0.3) is 0 Å². The van der Waals surface area contributed by atoms with E-state index in [1.54, 1.807) is 10.6 Å². The van der Waals surface area contributed by atoms with Crippen LogP contribution in [0.2, 0.25) is 0 Å². The second-order valence-corrected chi connectivity index (χ2v) is 8.33. The average molecular weight is 411 g/mol. The molecular formula is C23H30N4O3. The van der Waals surface area contributed by atoms with Crippen LogP contribution in [0.5, 0.6) is 17.5 Å². The van der Waals surface area contributed by atoms with Crippen molar-refractivity contribution in [3.05, 3.63) is 53.1 Å². The number of aromatic nitrogens is 3. The largest absolute Gasteiger partial charge is 0.508 e. The van der Waals surface area contributed by atoms with Gasteiger partial charge < -0.3 is 20.6 Å². The Balaban J connectivity index is 1.84. The number of hydrogen-bond acceptors (Lipinski definition) is 6. The third-order valence-electron chi connectivity index (χ3n) is 4.98. The summed E-state index contributed by atoms with van der Waals surface area (Å²) in [5.41, 5.74) is 3.26. The van der Waals surface area contributed by atoms with E-state index in [9.17, 15) is 15.3 Å². The Labute approximate surface area is 177 Å². The minimum absolute atomic E-state index is 0.0307. The Kier molecular flexibility index (Phi) is 6.62. The Bertz CT molecular complexity index is 994. The number of hydrogen-bond donors (Lipinski definition) is 4. The van der Waals surface area contributed by atoms with Gasteiger partial charge >= 0.3 is 6.01 Å². The van der Waals surface area contributed by atoms with Gasteiger partial charge in [-0.3, -0.25) is 4.57 Å². The summed E-state index contributed by atoms with van der Waals surface area (Å²) < 4.78 is 1.54. The quantitative estimate of drug-likeness (QED) is 0.448. The Morgan fingerprint density at radius 2 is 1.57 bits per heavy atom. The normalized spacial score (nSPS) is 11.5. The molecule has 0 spiro atoms. The number of benzene rings is 2. The van der Waals surface area contributed by atoms with E-state index in [0.29, 0.717) is 29.4 Å². The molecule has 0 saturated carbocycles. The van der Waals surface area contributed by atoms with Crippen molar-refractivity contribution >= 4 is 0 Å². The second-order valence-electron chi connectivity index (χ2n) is 8.33. The van der Waals surface area contributed by atoms with Crippen molar-refractivity contribution in [3.63, 3.8) is 0 Å². The lowest BCUT2D eigenvalue weighted by Crippen LogP contribution is -2.18. The molecule has 30 heavy (non-hydrogen) atoms. The van der Waals surface area contributed by atoms with Crippen LogP contribution in [0, 0.1) is 5.92 Å². The van der Waals surface area contributed by atoms with Gasteiger partial charge in [-0.25, -0.2) is 0 Å². The zero-order valence-electron chi connectivity index (χ0n) is 17.9. The van der Waals surface area contributed by atoms with Gasteiger partial charge in [0, 0.05) is 12.6 Å². The van der Waals surface area contributed by atoms with Crippen LogP contribution in [-0.2, 0) is 13.1 Å². The van der Waals surface area contributed by atoms with E-state index in [1.165, 1.54) is 11.6 Å². The van der Waals surface area contributed by atoms with Crippen molar-refractivity contribution in [2.24, 2.45) is 5.92 Å². The first-order valence-corrected chi connectivity index (χ1v) is 10.2. The van der Waals surface area contributed by atoms with Crippen LogP contribution in [0.1, 0.15) is 50.3 Å². The third-order valence-corrected chi connectivity index (χ3v) is 4.98. The van der Waals surface area contributed by atoms with Crippen LogP contribution in [0.4, 0.5) is 0 Å². The Morgan fingerprint density at radius 3 is 2.20 bits per heavy atom. The first-order chi connectivity index (χ1) is 14.3. The summed E-state index contributed by atoms with van der Waals surface area (Å²) in [6, 6.07) is 10.9. The maximum Gasteiger partial charge on any atom is 0.315 e. The van der Waals surface area contributed by atoms with E-state index >= 15 is 0 Å². The molecular weight excluding hydrogens is 380 g/mol. The van der Waals surface area contributed by atoms with Gasteiger partial charge in [0.15, 0.2) is 5.82 Å². The van der Waals surface area contributed by atoms with Gasteiger partial charge in [-0.05, 0) is 41.1 Å². The molecule has 160 valence electrons. The molecule has 0 bridgehead atoms. The summed E-state index contributed by atoms with van der Waals surface area (Å²) in [7, 11) is 0. The van der Waals surface area contributed by atoms with E-state index in [-0.39, 0.29) is 23.4 Å². The molecule has 0 unspecified atom stereocenters. The molecule has 0 atom stereocenters. The summed E-state index contributed by atoms with van der Waals surface area (Å²) in [6.07, 6.45) is 0. The topological polar surface area (TPSA) is 103 Å². The molecule has 0 saturated heterocycles. The van der Waals surface area contributed by atoms with E-state index in [2.05, 4.69) is 41.5 Å². The zero-order valence-corrected chi connectivity index (χ0v) is 17.9. The molecule has 0 aliphatic carbocycles. The van der Waals surface area contributed by atoms with Crippen molar-refractivity contribution in [1.82, 2.24) is 20.1 Å². The number of phenolic OH excluding ortho intramolecular Hbond substituents is 2. The molecule has 3 rings (SSSR count). The predicted octanol–water partition coefficient (Wildman–Crippen LogP) is 3.98. The summed E-state index contributed by atoms with van der Waals surface area (Å²) in [6.45, 7) is 10.4. The number of rotatable bonds is 8. The minimum Gasteiger partial charge on any atom is -0.508 e. The molecule has 3 aromatic rings. The van der Waals surface area contributed by atoms with Crippen molar-refractivity contribution in [2.75, 3.05) is 6.54 Å². The maximum atomic E-state index is 10.4. The summed E-state index contributed by atoms with van der Waals surface area (Å²) in [5.74, 6) is 0.924. The van der Waals surface area contributed by atoms with Crippen LogP contribution in [0.25, 0.3) is 11.4 Å². The lowest BCUT2D eigenvalue weighted by Gasteiger charge is -2.14. The van der Waals surface area contributed by atoms with Crippen molar-refractivity contribution in [3.8, 4) is 28.9 Å². The van der Waals surface area contributed by atoms with Gasteiger partial charge in [-0.15, -0.1) is 5.10 Å². The highest BCUT2D eigenvalue weighted by Crippen LogP contribution is 2.38. The summed E-state index contributed by atoms with van der Waals surface area (Å²) >= 11 is 0. The number of phenols is 2. The van der Waals surface area contributed by atoms with E-state index in [1.807, 2.05) is 26.0 Å². The Hall–Kier alpha value is -3.06. The van der Waals surface area contributed by atoms with Gasteiger partial charge in [-0.2, -0.15) is 0 Å². The SMILES string of the molecule is CC(C)CNCc1ccc(Cn2c(O)nnc2-c2cc(C(C)C)c(O)cc2O)cc1. The number of nitrogens with zero attached hydrogens (tertiary/aromatic N) is 3. The van der Waals surface area contributed by atoms with Gasteiger partial charge in [0.1, 0.15) is 11.5 Å². The smallest absolute Gasteiger partial charge is 0.315 e. The van der Waals surface area contributed by atoms with E-state index in [0.717, 1.165) is 18.7 Å². The number of aromatic hydroxyl groups is 3. The molecule has 1 heterocycles. The fourth-order valence-electron chi connectivity index (χ4n) is 3.33. The molecule has 7 nitrogen and oxygen atoms in total. The van der Waals surface area contributed by atoms with Crippen molar-refractivity contribution in [2.45, 2.75) is 46.7 Å². The van der Waals surface area contributed by atoms with E-state index in [4.69, 9.17) is 0 Å². The molecule has 0 radical (unpaired) electrons. The van der Waals surface area contributed by atoms with Crippen LogP contribution in [0.15, 0.2) is 36.4 Å². The first-order valence-electron chi connectivity index (χ1n) is 10.2. The Morgan fingerprint density at radius 1 is 0.900 bits per heavy atom. The molecule has 4 N–H and O–H groups in total. The highest BCUT2D eigenvalue weighted by molar-refractivity contribution is 5.68. The molecule has 0 amide bonds. The minimum atomic E-state index is -0.230. The molecule has 0 aliphatic rings. The van der Waals surface area contributed by atoms with Gasteiger partial charge in [0.2, 0.25) is 0 Å². The highest BCUT2D eigenvalue weighted by Gasteiger charge is 2.20. The molecule has 0 aliphatic heterocycles. The molecule has 1 aromatic heterocycles. The van der Waals surface area contributed by atoms with Crippen LogP contribution in [0.3, 0.4) is 0 Å². The average Bonchev–Trinajstić information content (AvgIpc) is 3.03. The molecule has 0 fully saturated rings. The highest BCUT2D eigenvalue weighted by atomic mass is 16.3. The van der Waals surface area contributed by atoms with Crippen LogP contribution < -0.4 is 5.32 Å². The lowest BCUT2D eigenvalue weighted by molar-refractivity contribution is 0.404. The maximum absolute atomic E-state index is 10.4. The second kappa shape index (κ2) is 9.17. The molecule has 2 aromatic carbocycles. The predicted molar refractivity (Wildman–Crippen MR) is 117 cm³/mol. The third kappa shape index (κ3) is 4.91. The molecule has 7 heteroatoms.